The lowest BCUT2D eigenvalue weighted by atomic mass is 10.0. The number of nitrogens with zero attached hydrogens (tertiary/aromatic N) is 4. The molecule has 2 aromatic rings. The number of methoxy groups -OCH3 is 1. The van der Waals surface area contributed by atoms with E-state index >= 15 is 0 Å². The van der Waals surface area contributed by atoms with Crippen LogP contribution < -0.4 is 5.32 Å². The number of rotatable bonds is 10. The van der Waals surface area contributed by atoms with Crippen molar-refractivity contribution in [3.8, 4) is 0 Å². The molecule has 8 heteroatoms. The van der Waals surface area contributed by atoms with Crippen molar-refractivity contribution in [1.29, 1.82) is 0 Å². The Kier molecular flexibility index (Phi) is 8.43. The highest BCUT2D eigenvalue weighted by Gasteiger charge is 2.20. The summed E-state index contributed by atoms with van der Waals surface area (Å²) in [7, 11) is 1.59. The van der Waals surface area contributed by atoms with Crippen molar-refractivity contribution in [2.75, 3.05) is 26.7 Å². The quantitative estimate of drug-likeness (QED) is 0.584. The largest absolute Gasteiger partial charge is 0.453 e. The van der Waals surface area contributed by atoms with Crippen LogP contribution in [0.5, 0.6) is 0 Å². The number of nitrogens with one attached hydrogen (secondary N) is 1. The highest BCUT2D eigenvalue weighted by Crippen LogP contribution is 2.15. The van der Waals surface area contributed by atoms with E-state index in [1.165, 1.54) is 12.0 Å². The smallest absolute Gasteiger partial charge is 0.287 e. The maximum Gasteiger partial charge on any atom is 0.287 e. The normalized spacial score (nSPS) is 15.2. The van der Waals surface area contributed by atoms with Crippen LogP contribution in [0.3, 0.4) is 0 Å². The highest BCUT2D eigenvalue weighted by atomic mass is 16.5. The molecule has 0 aliphatic carbocycles. The van der Waals surface area contributed by atoms with Gasteiger partial charge in [0.2, 0.25) is 0 Å². The van der Waals surface area contributed by atoms with Gasteiger partial charge >= 0.3 is 0 Å². The molecule has 0 saturated carbocycles. The molecule has 0 saturated heterocycles. The molecular weight excluding hydrogens is 394 g/mol. The van der Waals surface area contributed by atoms with E-state index < -0.39 is 0 Å². The molecule has 0 aromatic carbocycles. The van der Waals surface area contributed by atoms with Crippen LogP contribution in [-0.2, 0) is 30.9 Å². The second-order valence-electron chi connectivity index (χ2n) is 8.58. The van der Waals surface area contributed by atoms with Gasteiger partial charge in [-0.05, 0) is 44.7 Å². The number of carbonyl (C=O) groups is 1. The van der Waals surface area contributed by atoms with Gasteiger partial charge in [-0.25, -0.2) is 0 Å². The minimum atomic E-state index is -0.264. The van der Waals surface area contributed by atoms with Gasteiger partial charge in [0.25, 0.3) is 5.91 Å². The molecule has 1 amide bonds. The number of hydrogen-bond acceptors (Lipinski definition) is 6. The Balaban J connectivity index is 1.50. The standard InChI is InChI=1S/C23H35N5O3/c1-17(2)6-5-7-18(3)15-27-11-10-21-25-26-22(28(21)13-12-27)14-24-23(29)20-9-8-19(31-20)16-30-4/h6,8-9,18H,5,7,10-16H2,1-4H3,(H,24,29)/t18-/m0/s1. The Morgan fingerprint density at radius 1 is 1.29 bits per heavy atom. The summed E-state index contributed by atoms with van der Waals surface area (Å²) in [4.78, 5) is 14.9. The number of allylic oxidation sites excluding steroid dienone is 2. The van der Waals surface area contributed by atoms with Crippen LogP contribution in [0.2, 0.25) is 0 Å². The average Bonchev–Trinajstić information content (AvgIpc) is 3.30. The fourth-order valence-electron chi connectivity index (χ4n) is 3.89. The van der Waals surface area contributed by atoms with Crippen molar-refractivity contribution < 1.29 is 13.9 Å². The highest BCUT2D eigenvalue weighted by molar-refractivity contribution is 5.91. The number of amides is 1. The molecule has 1 atom stereocenters. The van der Waals surface area contributed by atoms with E-state index in [9.17, 15) is 4.79 Å². The summed E-state index contributed by atoms with van der Waals surface area (Å²) < 4.78 is 12.7. The summed E-state index contributed by atoms with van der Waals surface area (Å²) in [5, 5.41) is 11.6. The average molecular weight is 430 g/mol. The van der Waals surface area contributed by atoms with Crippen molar-refractivity contribution in [1.82, 2.24) is 25.0 Å². The van der Waals surface area contributed by atoms with Crippen LogP contribution in [-0.4, -0.2) is 52.3 Å². The minimum absolute atomic E-state index is 0.264. The topological polar surface area (TPSA) is 85.4 Å². The van der Waals surface area contributed by atoms with Gasteiger partial charge in [-0.3, -0.25) is 4.79 Å². The van der Waals surface area contributed by atoms with Crippen LogP contribution in [0, 0.1) is 5.92 Å². The number of hydrogen-bond donors (Lipinski definition) is 1. The Morgan fingerprint density at radius 2 is 2.13 bits per heavy atom. The molecule has 0 bridgehead atoms. The third-order valence-electron chi connectivity index (χ3n) is 5.56. The molecule has 0 unspecified atom stereocenters. The molecule has 0 fully saturated rings. The fraction of sp³-hybridized carbons (Fsp3) is 0.609. The van der Waals surface area contributed by atoms with E-state index in [-0.39, 0.29) is 11.7 Å². The number of ether oxygens (including phenoxy) is 1. The van der Waals surface area contributed by atoms with Gasteiger partial charge in [-0.2, -0.15) is 0 Å². The van der Waals surface area contributed by atoms with E-state index in [4.69, 9.17) is 9.15 Å². The number of aromatic nitrogens is 3. The predicted molar refractivity (Wildman–Crippen MR) is 119 cm³/mol. The van der Waals surface area contributed by atoms with E-state index in [0.717, 1.165) is 50.7 Å². The molecule has 1 N–H and O–H groups in total. The summed E-state index contributed by atoms with van der Waals surface area (Å²) in [6.07, 6.45) is 5.56. The van der Waals surface area contributed by atoms with Crippen LogP contribution in [0.25, 0.3) is 0 Å². The van der Waals surface area contributed by atoms with Crippen molar-refractivity contribution >= 4 is 5.91 Å². The molecule has 0 spiro atoms. The van der Waals surface area contributed by atoms with Crippen molar-refractivity contribution in [3.05, 3.63) is 47.0 Å². The van der Waals surface area contributed by atoms with Gasteiger partial charge in [0.15, 0.2) is 11.6 Å². The van der Waals surface area contributed by atoms with E-state index in [1.807, 2.05) is 0 Å². The summed E-state index contributed by atoms with van der Waals surface area (Å²) in [5.74, 6) is 3.07. The molecule has 170 valence electrons. The zero-order valence-corrected chi connectivity index (χ0v) is 19.2. The van der Waals surface area contributed by atoms with Gasteiger partial charge in [0.05, 0.1) is 6.54 Å². The second-order valence-corrected chi connectivity index (χ2v) is 8.58. The first-order chi connectivity index (χ1) is 15.0. The molecule has 2 aromatic heterocycles. The van der Waals surface area contributed by atoms with Gasteiger partial charge in [-0.1, -0.05) is 18.6 Å². The third-order valence-corrected chi connectivity index (χ3v) is 5.56. The number of carbonyl (C=O) groups excluding carboxylic acids is 1. The van der Waals surface area contributed by atoms with E-state index in [1.54, 1.807) is 19.2 Å². The molecule has 1 aliphatic heterocycles. The van der Waals surface area contributed by atoms with Gasteiger partial charge < -0.3 is 23.9 Å². The lowest BCUT2D eigenvalue weighted by Gasteiger charge is -2.23. The maximum absolute atomic E-state index is 12.4. The maximum atomic E-state index is 12.4. The molecule has 1 aliphatic rings. The Hall–Kier alpha value is -2.45. The molecule has 31 heavy (non-hydrogen) atoms. The zero-order valence-electron chi connectivity index (χ0n) is 19.2. The monoisotopic (exact) mass is 429 g/mol. The minimum Gasteiger partial charge on any atom is -0.453 e. The van der Waals surface area contributed by atoms with E-state index in [0.29, 0.717) is 24.8 Å². The molecule has 3 rings (SSSR count). The van der Waals surface area contributed by atoms with Gasteiger partial charge in [0, 0.05) is 39.7 Å². The van der Waals surface area contributed by atoms with Crippen LogP contribution >= 0.6 is 0 Å². The Labute approximate surface area is 184 Å². The predicted octanol–water partition coefficient (Wildman–Crippen LogP) is 3.19. The summed E-state index contributed by atoms with van der Waals surface area (Å²) in [6, 6.07) is 3.40. The Morgan fingerprint density at radius 3 is 2.90 bits per heavy atom. The number of furan rings is 1. The van der Waals surface area contributed by atoms with E-state index in [2.05, 4.69) is 51.8 Å². The second kappa shape index (κ2) is 11.2. The van der Waals surface area contributed by atoms with Crippen LogP contribution in [0.1, 0.15) is 61.6 Å². The molecular formula is C23H35N5O3. The first-order valence-corrected chi connectivity index (χ1v) is 11.1. The fourth-order valence-corrected chi connectivity index (χ4v) is 3.89. The first-order valence-electron chi connectivity index (χ1n) is 11.1. The molecule has 3 heterocycles. The lowest BCUT2D eigenvalue weighted by Crippen LogP contribution is -2.32. The van der Waals surface area contributed by atoms with Crippen molar-refractivity contribution in [2.45, 2.75) is 59.7 Å². The van der Waals surface area contributed by atoms with Gasteiger partial charge in [0.1, 0.15) is 18.2 Å². The summed E-state index contributed by atoms with van der Waals surface area (Å²) >= 11 is 0. The lowest BCUT2D eigenvalue weighted by molar-refractivity contribution is 0.0913. The summed E-state index contributed by atoms with van der Waals surface area (Å²) in [6.45, 7) is 11.2. The van der Waals surface area contributed by atoms with Crippen LogP contribution in [0.4, 0.5) is 0 Å². The SMILES string of the molecule is COCc1ccc(C(=O)NCc2nnc3n2CCN(C[C@@H](C)CCC=C(C)C)CC3)o1. The number of fused-ring (bicyclic) bond motifs is 1. The molecule has 8 nitrogen and oxygen atoms in total. The zero-order chi connectivity index (χ0) is 22.2. The first kappa shape index (κ1) is 23.2. The van der Waals surface area contributed by atoms with Gasteiger partial charge in [-0.15, -0.1) is 10.2 Å². The van der Waals surface area contributed by atoms with Crippen LogP contribution in [0.15, 0.2) is 28.2 Å². The summed E-state index contributed by atoms with van der Waals surface area (Å²) in [5.41, 5.74) is 1.39. The Bertz CT molecular complexity index is 882. The van der Waals surface area contributed by atoms with Crippen molar-refractivity contribution in [3.63, 3.8) is 0 Å². The molecule has 0 radical (unpaired) electrons. The van der Waals surface area contributed by atoms with Crippen molar-refractivity contribution in [2.24, 2.45) is 5.92 Å². The third kappa shape index (κ3) is 6.77.